The van der Waals surface area contributed by atoms with Crippen molar-refractivity contribution < 1.29 is 0 Å². The highest BCUT2D eigenvalue weighted by atomic mass is 79.9. The van der Waals surface area contributed by atoms with Crippen molar-refractivity contribution in [3.05, 3.63) is 34.3 Å². The quantitative estimate of drug-likeness (QED) is 0.864. The second-order valence-electron chi connectivity index (χ2n) is 4.08. The minimum atomic E-state index is 0.446. The highest BCUT2D eigenvalue weighted by molar-refractivity contribution is 9.10. The van der Waals surface area contributed by atoms with Crippen LogP contribution in [0.5, 0.6) is 0 Å². The van der Waals surface area contributed by atoms with Crippen LogP contribution < -0.4 is 5.32 Å². The van der Waals surface area contributed by atoms with Crippen molar-refractivity contribution in [2.75, 3.05) is 27.2 Å². The van der Waals surface area contributed by atoms with Crippen LogP contribution in [0, 0.1) is 0 Å². The Morgan fingerprint density at radius 3 is 2.44 bits per heavy atom. The SMILES string of the molecule is CCN(C)CCC(NC)c1ccc(Br)cc1. The monoisotopic (exact) mass is 284 g/mol. The van der Waals surface area contributed by atoms with Gasteiger partial charge in [0.25, 0.3) is 0 Å². The molecule has 0 aliphatic rings. The summed E-state index contributed by atoms with van der Waals surface area (Å²) in [6, 6.07) is 9.00. The van der Waals surface area contributed by atoms with Crippen LogP contribution in [-0.2, 0) is 0 Å². The first kappa shape index (κ1) is 13.7. The van der Waals surface area contributed by atoms with Gasteiger partial charge in [-0.15, -0.1) is 0 Å². The molecule has 1 rings (SSSR count). The van der Waals surface area contributed by atoms with Crippen LogP contribution >= 0.6 is 15.9 Å². The Morgan fingerprint density at radius 1 is 1.31 bits per heavy atom. The molecule has 0 amide bonds. The predicted octanol–water partition coefficient (Wildman–Crippen LogP) is 3.05. The zero-order valence-corrected chi connectivity index (χ0v) is 11.9. The van der Waals surface area contributed by atoms with E-state index in [0.29, 0.717) is 6.04 Å². The first-order chi connectivity index (χ1) is 7.67. The molecule has 0 radical (unpaired) electrons. The molecular weight excluding hydrogens is 264 g/mol. The van der Waals surface area contributed by atoms with Crippen LogP contribution in [0.1, 0.15) is 24.9 Å². The second kappa shape index (κ2) is 7.05. The fourth-order valence-electron chi connectivity index (χ4n) is 1.68. The summed E-state index contributed by atoms with van der Waals surface area (Å²) in [5.41, 5.74) is 1.36. The third-order valence-corrected chi connectivity index (χ3v) is 3.49. The molecule has 0 spiro atoms. The first-order valence-corrected chi connectivity index (χ1v) is 6.58. The molecule has 3 heteroatoms. The summed E-state index contributed by atoms with van der Waals surface area (Å²) in [5, 5.41) is 3.38. The number of rotatable bonds is 6. The van der Waals surface area contributed by atoms with E-state index in [1.165, 1.54) is 5.56 Å². The molecule has 0 aromatic heterocycles. The molecule has 0 saturated carbocycles. The first-order valence-electron chi connectivity index (χ1n) is 5.78. The van der Waals surface area contributed by atoms with E-state index >= 15 is 0 Å². The fourth-order valence-corrected chi connectivity index (χ4v) is 1.94. The topological polar surface area (TPSA) is 15.3 Å². The minimum Gasteiger partial charge on any atom is -0.313 e. The summed E-state index contributed by atoms with van der Waals surface area (Å²) in [6.07, 6.45) is 1.14. The van der Waals surface area contributed by atoms with Crippen molar-refractivity contribution in [3.8, 4) is 0 Å². The normalized spacial score (nSPS) is 13.1. The molecule has 1 aromatic carbocycles. The summed E-state index contributed by atoms with van der Waals surface area (Å²) in [4.78, 5) is 2.34. The molecule has 16 heavy (non-hydrogen) atoms. The molecule has 0 bridgehead atoms. The molecule has 90 valence electrons. The Labute approximate surface area is 107 Å². The summed E-state index contributed by atoms with van der Waals surface area (Å²) < 4.78 is 1.14. The summed E-state index contributed by atoms with van der Waals surface area (Å²) in [5.74, 6) is 0. The van der Waals surface area contributed by atoms with Gasteiger partial charge in [-0.05, 0) is 51.3 Å². The van der Waals surface area contributed by atoms with Gasteiger partial charge in [0.1, 0.15) is 0 Å². The maximum atomic E-state index is 3.46. The molecule has 1 atom stereocenters. The molecule has 0 fully saturated rings. The van der Waals surface area contributed by atoms with E-state index in [9.17, 15) is 0 Å². The van der Waals surface area contributed by atoms with Crippen LogP contribution in [0.3, 0.4) is 0 Å². The zero-order chi connectivity index (χ0) is 12.0. The number of hydrogen-bond acceptors (Lipinski definition) is 2. The summed E-state index contributed by atoms with van der Waals surface area (Å²) >= 11 is 3.46. The zero-order valence-electron chi connectivity index (χ0n) is 10.3. The lowest BCUT2D eigenvalue weighted by Gasteiger charge is -2.20. The van der Waals surface area contributed by atoms with Gasteiger partial charge in [0, 0.05) is 10.5 Å². The molecule has 0 aliphatic carbocycles. The lowest BCUT2D eigenvalue weighted by atomic mass is 10.0. The molecule has 1 aromatic rings. The molecule has 0 saturated heterocycles. The molecule has 2 nitrogen and oxygen atoms in total. The van der Waals surface area contributed by atoms with Gasteiger partial charge in [-0.1, -0.05) is 35.0 Å². The van der Waals surface area contributed by atoms with Gasteiger partial charge in [0.15, 0.2) is 0 Å². The summed E-state index contributed by atoms with van der Waals surface area (Å²) in [6.45, 7) is 4.42. The van der Waals surface area contributed by atoms with Gasteiger partial charge in [-0.2, -0.15) is 0 Å². The average Bonchev–Trinajstić information content (AvgIpc) is 2.31. The number of benzene rings is 1. The van der Waals surface area contributed by atoms with E-state index in [0.717, 1.165) is 24.0 Å². The van der Waals surface area contributed by atoms with Crippen molar-refractivity contribution in [3.63, 3.8) is 0 Å². The van der Waals surface area contributed by atoms with Gasteiger partial charge in [0.05, 0.1) is 0 Å². The van der Waals surface area contributed by atoms with Gasteiger partial charge in [0.2, 0.25) is 0 Å². The van der Waals surface area contributed by atoms with Gasteiger partial charge in [-0.3, -0.25) is 0 Å². The molecule has 1 N–H and O–H groups in total. The van der Waals surface area contributed by atoms with E-state index in [4.69, 9.17) is 0 Å². The number of nitrogens with one attached hydrogen (secondary N) is 1. The second-order valence-corrected chi connectivity index (χ2v) is 4.99. The average molecular weight is 285 g/mol. The van der Waals surface area contributed by atoms with E-state index in [-0.39, 0.29) is 0 Å². The Morgan fingerprint density at radius 2 is 1.94 bits per heavy atom. The van der Waals surface area contributed by atoms with E-state index in [2.05, 4.69) is 64.4 Å². The van der Waals surface area contributed by atoms with Crippen molar-refractivity contribution in [1.82, 2.24) is 10.2 Å². The molecule has 0 aliphatic heterocycles. The third-order valence-electron chi connectivity index (χ3n) is 2.96. The van der Waals surface area contributed by atoms with Crippen LogP contribution in [-0.4, -0.2) is 32.1 Å². The molecule has 0 heterocycles. The van der Waals surface area contributed by atoms with Crippen molar-refractivity contribution in [1.29, 1.82) is 0 Å². The molecule has 1 unspecified atom stereocenters. The third kappa shape index (κ3) is 4.24. The van der Waals surface area contributed by atoms with Crippen LogP contribution in [0.25, 0.3) is 0 Å². The Hall–Kier alpha value is -0.380. The van der Waals surface area contributed by atoms with Gasteiger partial charge in [-0.25, -0.2) is 0 Å². The largest absolute Gasteiger partial charge is 0.313 e. The maximum absolute atomic E-state index is 3.46. The maximum Gasteiger partial charge on any atom is 0.0329 e. The number of nitrogens with zero attached hydrogens (tertiary/aromatic N) is 1. The van der Waals surface area contributed by atoms with Crippen molar-refractivity contribution in [2.45, 2.75) is 19.4 Å². The van der Waals surface area contributed by atoms with E-state index in [1.54, 1.807) is 0 Å². The summed E-state index contributed by atoms with van der Waals surface area (Å²) in [7, 11) is 4.19. The highest BCUT2D eigenvalue weighted by Gasteiger charge is 2.09. The fraction of sp³-hybridized carbons (Fsp3) is 0.538. The lowest BCUT2D eigenvalue weighted by Crippen LogP contribution is -2.25. The smallest absolute Gasteiger partial charge is 0.0329 e. The van der Waals surface area contributed by atoms with E-state index in [1.807, 2.05) is 7.05 Å². The van der Waals surface area contributed by atoms with Crippen LogP contribution in [0.2, 0.25) is 0 Å². The Kier molecular flexibility index (Phi) is 6.03. The van der Waals surface area contributed by atoms with Crippen molar-refractivity contribution in [2.24, 2.45) is 0 Å². The number of hydrogen-bond donors (Lipinski definition) is 1. The standard InChI is InChI=1S/C13H21BrN2/c1-4-16(3)10-9-13(15-2)11-5-7-12(14)8-6-11/h5-8,13,15H,4,9-10H2,1-3H3. The van der Waals surface area contributed by atoms with E-state index < -0.39 is 0 Å². The van der Waals surface area contributed by atoms with Crippen LogP contribution in [0.15, 0.2) is 28.7 Å². The minimum absolute atomic E-state index is 0.446. The predicted molar refractivity (Wildman–Crippen MR) is 73.7 cm³/mol. The lowest BCUT2D eigenvalue weighted by molar-refractivity contribution is 0.326. The highest BCUT2D eigenvalue weighted by Crippen LogP contribution is 2.19. The number of halogens is 1. The Balaban J connectivity index is 2.57. The van der Waals surface area contributed by atoms with Gasteiger partial charge >= 0.3 is 0 Å². The van der Waals surface area contributed by atoms with Gasteiger partial charge < -0.3 is 10.2 Å². The molecular formula is C13H21BrN2. The Bertz CT molecular complexity index is 297. The van der Waals surface area contributed by atoms with Crippen LogP contribution in [0.4, 0.5) is 0 Å². The van der Waals surface area contributed by atoms with Crippen molar-refractivity contribution >= 4 is 15.9 Å².